The monoisotopic (exact) mass is 209 g/mol. The molecule has 7 nitrogen and oxygen atoms in total. The summed E-state index contributed by atoms with van der Waals surface area (Å²) in [7, 11) is 2.85. The van der Waals surface area contributed by atoms with E-state index in [-0.39, 0.29) is 0 Å². The van der Waals surface area contributed by atoms with Crippen molar-refractivity contribution in [3.8, 4) is 0 Å². The molecule has 5 atom stereocenters. The Hall–Kier alpha value is -0.280. The maximum atomic E-state index is 9.40. The van der Waals surface area contributed by atoms with Crippen LogP contribution in [0.25, 0.3) is 0 Å². The summed E-state index contributed by atoms with van der Waals surface area (Å²) in [5.74, 6) is -2.52. The summed E-state index contributed by atoms with van der Waals surface area (Å²) in [6.45, 7) is -0.642. The van der Waals surface area contributed by atoms with E-state index in [1.165, 1.54) is 0 Å². The van der Waals surface area contributed by atoms with Crippen LogP contribution in [0.3, 0.4) is 0 Å². The lowest BCUT2D eigenvalue weighted by Crippen LogP contribution is -2.65. The first-order chi connectivity index (χ1) is 6.46. The summed E-state index contributed by atoms with van der Waals surface area (Å²) in [4.78, 5) is 0. The Balaban J connectivity index is 2.84. The van der Waals surface area contributed by atoms with Crippen molar-refractivity contribution in [1.82, 2.24) is 0 Å². The summed E-state index contributed by atoms with van der Waals surface area (Å²) in [6.07, 6.45) is -6.31. The first kappa shape index (κ1) is 11.8. The van der Waals surface area contributed by atoms with Gasteiger partial charge in [0.25, 0.3) is 0 Å². The SMILES string of the molecule is [CH2]OC1(O)O[C@H](CO)[C@@H](O)[C@H](O)[C@H]1O. The summed E-state index contributed by atoms with van der Waals surface area (Å²) in [5, 5.41) is 45.9. The number of hydrogen-bond acceptors (Lipinski definition) is 7. The molecular formula is C7H13O7. The van der Waals surface area contributed by atoms with Gasteiger partial charge in [-0.05, 0) is 0 Å². The largest absolute Gasteiger partial charge is 0.394 e. The zero-order chi connectivity index (χ0) is 10.9. The van der Waals surface area contributed by atoms with Gasteiger partial charge < -0.3 is 35.0 Å². The molecule has 0 saturated carbocycles. The van der Waals surface area contributed by atoms with Crippen molar-refractivity contribution in [3.63, 3.8) is 0 Å². The third kappa shape index (κ3) is 1.75. The number of rotatable bonds is 2. The Kier molecular flexibility index (Phi) is 3.43. The van der Waals surface area contributed by atoms with Crippen LogP contribution >= 0.6 is 0 Å². The van der Waals surface area contributed by atoms with Gasteiger partial charge in [-0.25, -0.2) is 0 Å². The number of ether oxygens (including phenoxy) is 2. The Morgan fingerprint density at radius 1 is 1.29 bits per heavy atom. The lowest BCUT2D eigenvalue weighted by atomic mass is 9.98. The van der Waals surface area contributed by atoms with E-state index in [9.17, 15) is 20.4 Å². The molecular weight excluding hydrogens is 196 g/mol. The average Bonchev–Trinajstić information content (AvgIpc) is 2.20. The van der Waals surface area contributed by atoms with Gasteiger partial charge in [0, 0.05) is 0 Å². The van der Waals surface area contributed by atoms with Crippen LogP contribution in [-0.2, 0) is 9.47 Å². The molecule has 7 heteroatoms. The molecule has 1 heterocycles. The van der Waals surface area contributed by atoms with Crippen LogP contribution in [0.2, 0.25) is 0 Å². The predicted octanol–water partition coefficient (Wildman–Crippen LogP) is -3.09. The standard InChI is InChI=1S/C7H13O7/c1-13-7(12)6(11)5(10)4(9)3(2-8)14-7/h3-6,8-12H,1-2H2/t3-,4-,5+,6-,7?/m1/s1. The molecule has 0 amide bonds. The highest BCUT2D eigenvalue weighted by Crippen LogP contribution is 2.28. The van der Waals surface area contributed by atoms with Crippen LogP contribution in [-0.4, -0.2) is 62.5 Å². The molecule has 0 aromatic heterocycles. The highest BCUT2D eigenvalue weighted by atomic mass is 16.8. The maximum absolute atomic E-state index is 9.40. The van der Waals surface area contributed by atoms with Gasteiger partial charge in [-0.1, -0.05) is 0 Å². The van der Waals surface area contributed by atoms with E-state index in [0.717, 1.165) is 0 Å². The van der Waals surface area contributed by atoms with E-state index < -0.39 is 37.0 Å². The second-order valence-electron chi connectivity index (χ2n) is 3.04. The molecule has 14 heavy (non-hydrogen) atoms. The highest BCUT2D eigenvalue weighted by molar-refractivity contribution is 4.91. The van der Waals surface area contributed by atoms with Crippen molar-refractivity contribution in [2.75, 3.05) is 6.61 Å². The molecule has 0 aliphatic carbocycles. The number of aliphatic hydroxyl groups excluding tert-OH is 4. The van der Waals surface area contributed by atoms with Gasteiger partial charge in [-0.2, -0.15) is 0 Å². The summed E-state index contributed by atoms with van der Waals surface area (Å²) >= 11 is 0. The fourth-order valence-corrected chi connectivity index (χ4v) is 1.24. The fraction of sp³-hybridized carbons (Fsp3) is 0.857. The average molecular weight is 209 g/mol. The lowest BCUT2D eigenvalue weighted by molar-refractivity contribution is -0.436. The molecule has 1 saturated heterocycles. The maximum Gasteiger partial charge on any atom is 0.311 e. The van der Waals surface area contributed by atoms with Crippen molar-refractivity contribution >= 4 is 0 Å². The first-order valence-corrected chi connectivity index (χ1v) is 3.94. The fourth-order valence-electron chi connectivity index (χ4n) is 1.24. The van der Waals surface area contributed by atoms with Crippen LogP contribution in [0.1, 0.15) is 0 Å². The van der Waals surface area contributed by atoms with Crippen LogP contribution in [0.15, 0.2) is 0 Å². The summed E-state index contributed by atoms with van der Waals surface area (Å²) in [5.41, 5.74) is 0. The van der Waals surface area contributed by atoms with Crippen LogP contribution < -0.4 is 0 Å². The minimum atomic E-state index is -2.52. The smallest absolute Gasteiger partial charge is 0.311 e. The Bertz CT molecular complexity index is 196. The summed E-state index contributed by atoms with van der Waals surface area (Å²) < 4.78 is 8.82. The van der Waals surface area contributed by atoms with Crippen molar-refractivity contribution in [2.45, 2.75) is 30.4 Å². The Morgan fingerprint density at radius 2 is 1.86 bits per heavy atom. The van der Waals surface area contributed by atoms with Crippen molar-refractivity contribution in [3.05, 3.63) is 7.11 Å². The number of aliphatic hydroxyl groups is 5. The third-order valence-corrected chi connectivity index (χ3v) is 2.14. The minimum Gasteiger partial charge on any atom is -0.394 e. The van der Waals surface area contributed by atoms with E-state index in [1.54, 1.807) is 0 Å². The lowest BCUT2D eigenvalue weighted by Gasteiger charge is -2.43. The molecule has 0 aromatic carbocycles. The molecule has 1 radical (unpaired) electrons. The van der Waals surface area contributed by atoms with Crippen LogP contribution in [0.5, 0.6) is 0 Å². The summed E-state index contributed by atoms with van der Waals surface area (Å²) in [6, 6.07) is 0. The molecule has 1 rings (SSSR count). The van der Waals surface area contributed by atoms with Crippen molar-refractivity contribution < 1.29 is 35.0 Å². The normalized spacial score (nSPS) is 49.3. The Labute approximate surface area is 80.1 Å². The molecule has 0 spiro atoms. The van der Waals surface area contributed by atoms with E-state index in [0.29, 0.717) is 0 Å². The van der Waals surface area contributed by atoms with E-state index >= 15 is 0 Å². The van der Waals surface area contributed by atoms with Gasteiger partial charge in [-0.15, -0.1) is 0 Å². The van der Waals surface area contributed by atoms with Crippen molar-refractivity contribution in [1.29, 1.82) is 0 Å². The molecule has 83 valence electrons. The van der Waals surface area contributed by atoms with Crippen LogP contribution in [0.4, 0.5) is 0 Å². The van der Waals surface area contributed by atoms with Gasteiger partial charge in [-0.3, -0.25) is 0 Å². The number of hydrogen-bond donors (Lipinski definition) is 5. The highest BCUT2D eigenvalue weighted by Gasteiger charge is 2.53. The predicted molar refractivity (Wildman–Crippen MR) is 41.4 cm³/mol. The zero-order valence-corrected chi connectivity index (χ0v) is 7.28. The molecule has 0 aromatic rings. The van der Waals surface area contributed by atoms with E-state index in [4.69, 9.17) is 5.11 Å². The third-order valence-electron chi connectivity index (χ3n) is 2.14. The second kappa shape index (κ2) is 4.07. The molecule has 1 aliphatic heterocycles. The minimum absolute atomic E-state index is 0.642. The van der Waals surface area contributed by atoms with Crippen molar-refractivity contribution in [2.24, 2.45) is 0 Å². The first-order valence-electron chi connectivity index (χ1n) is 3.94. The van der Waals surface area contributed by atoms with Crippen LogP contribution in [0, 0.1) is 7.11 Å². The van der Waals surface area contributed by atoms with Gasteiger partial charge in [0.2, 0.25) is 0 Å². The van der Waals surface area contributed by atoms with Gasteiger partial charge in [0.15, 0.2) is 6.10 Å². The molecule has 0 bridgehead atoms. The molecule has 5 N–H and O–H groups in total. The molecule has 1 aliphatic rings. The van der Waals surface area contributed by atoms with Gasteiger partial charge in [0.1, 0.15) is 18.3 Å². The van der Waals surface area contributed by atoms with Gasteiger partial charge in [0.05, 0.1) is 13.7 Å². The Morgan fingerprint density at radius 3 is 2.29 bits per heavy atom. The van der Waals surface area contributed by atoms with Gasteiger partial charge >= 0.3 is 5.97 Å². The van der Waals surface area contributed by atoms with E-state index in [2.05, 4.69) is 16.6 Å². The topological polar surface area (TPSA) is 120 Å². The second-order valence-corrected chi connectivity index (χ2v) is 3.04. The molecule has 1 unspecified atom stereocenters. The van der Waals surface area contributed by atoms with E-state index in [1.807, 2.05) is 0 Å². The molecule has 1 fully saturated rings. The quantitative estimate of drug-likeness (QED) is 0.306. The zero-order valence-electron chi connectivity index (χ0n) is 7.28.